The lowest BCUT2D eigenvalue weighted by Gasteiger charge is -2.24. The molecular weight excluding hydrogens is 319 g/mol. The number of benzene rings is 1. The fourth-order valence-corrected chi connectivity index (χ4v) is 3.68. The zero-order chi connectivity index (χ0) is 14.8. The SMILES string of the molecule is CCN(c1cccc(Cl)c1Cl)S(=O)(=O)c1cccnc1. The predicted molar refractivity (Wildman–Crippen MR) is 80.9 cm³/mol. The fraction of sp³-hybridized carbons (Fsp3) is 0.154. The molecular formula is C13H12Cl2N2O2S. The zero-order valence-corrected chi connectivity index (χ0v) is 13.0. The van der Waals surface area contributed by atoms with Crippen LogP contribution in [0.3, 0.4) is 0 Å². The van der Waals surface area contributed by atoms with Crippen molar-refractivity contribution < 1.29 is 8.42 Å². The van der Waals surface area contributed by atoms with Crippen LogP contribution in [0.1, 0.15) is 6.92 Å². The van der Waals surface area contributed by atoms with Crippen LogP contribution in [0.15, 0.2) is 47.6 Å². The molecule has 0 N–H and O–H groups in total. The largest absolute Gasteiger partial charge is 0.265 e. The molecule has 2 rings (SSSR count). The van der Waals surface area contributed by atoms with E-state index < -0.39 is 10.0 Å². The first-order valence-corrected chi connectivity index (χ1v) is 8.05. The fourth-order valence-electron chi connectivity index (χ4n) is 1.78. The molecule has 2 aromatic rings. The van der Waals surface area contributed by atoms with Crippen LogP contribution in [0, 0.1) is 0 Å². The summed E-state index contributed by atoms with van der Waals surface area (Å²) in [5.41, 5.74) is 0.352. The molecule has 0 fully saturated rings. The van der Waals surface area contributed by atoms with E-state index in [1.165, 1.54) is 22.8 Å². The van der Waals surface area contributed by atoms with E-state index in [-0.39, 0.29) is 16.5 Å². The summed E-state index contributed by atoms with van der Waals surface area (Å²) in [6, 6.07) is 7.94. The van der Waals surface area contributed by atoms with Gasteiger partial charge in [-0.25, -0.2) is 8.42 Å². The van der Waals surface area contributed by atoms with Gasteiger partial charge in [-0.1, -0.05) is 29.3 Å². The van der Waals surface area contributed by atoms with E-state index in [0.717, 1.165) is 0 Å². The van der Waals surface area contributed by atoms with Crippen molar-refractivity contribution in [3.8, 4) is 0 Å². The maximum absolute atomic E-state index is 12.6. The van der Waals surface area contributed by atoms with Crippen LogP contribution in [0.4, 0.5) is 5.69 Å². The number of sulfonamides is 1. The summed E-state index contributed by atoms with van der Waals surface area (Å²) in [7, 11) is -3.72. The molecule has 0 aliphatic carbocycles. The summed E-state index contributed by atoms with van der Waals surface area (Å²) in [5, 5.41) is 0.521. The summed E-state index contributed by atoms with van der Waals surface area (Å²) < 4.78 is 26.4. The van der Waals surface area contributed by atoms with Crippen LogP contribution in [-0.2, 0) is 10.0 Å². The van der Waals surface area contributed by atoms with Gasteiger partial charge in [0.2, 0.25) is 0 Å². The van der Waals surface area contributed by atoms with Crippen LogP contribution < -0.4 is 4.31 Å². The molecule has 4 nitrogen and oxygen atoms in total. The Morgan fingerprint density at radius 3 is 2.55 bits per heavy atom. The Labute approximate surface area is 128 Å². The van der Waals surface area contributed by atoms with E-state index in [1.807, 2.05) is 0 Å². The van der Waals surface area contributed by atoms with Gasteiger partial charge in [0.15, 0.2) is 0 Å². The van der Waals surface area contributed by atoms with E-state index in [1.54, 1.807) is 31.2 Å². The molecule has 0 saturated carbocycles. The number of anilines is 1. The minimum atomic E-state index is -3.72. The molecule has 7 heteroatoms. The standard InChI is InChI=1S/C13H12Cl2N2O2S/c1-2-17(12-7-3-6-11(14)13(12)15)20(18,19)10-5-4-8-16-9-10/h3-9H,2H2,1H3. The highest BCUT2D eigenvalue weighted by molar-refractivity contribution is 7.92. The van der Waals surface area contributed by atoms with E-state index in [4.69, 9.17) is 23.2 Å². The average Bonchev–Trinajstić information content (AvgIpc) is 2.45. The maximum Gasteiger partial charge on any atom is 0.265 e. The molecule has 1 heterocycles. The minimum absolute atomic E-state index is 0.109. The van der Waals surface area contributed by atoms with Gasteiger partial charge in [0.25, 0.3) is 10.0 Å². The number of aromatic nitrogens is 1. The molecule has 106 valence electrons. The highest BCUT2D eigenvalue weighted by Crippen LogP contribution is 2.34. The molecule has 0 aliphatic rings. The number of rotatable bonds is 4. The molecule has 0 unspecified atom stereocenters. The number of pyridine rings is 1. The maximum atomic E-state index is 12.6. The van der Waals surface area contributed by atoms with Crippen molar-refractivity contribution >= 4 is 38.9 Å². The van der Waals surface area contributed by atoms with Gasteiger partial charge in [-0.15, -0.1) is 0 Å². The monoisotopic (exact) mass is 330 g/mol. The van der Waals surface area contributed by atoms with Gasteiger partial charge >= 0.3 is 0 Å². The topological polar surface area (TPSA) is 50.3 Å². The normalized spacial score (nSPS) is 11.3. The molecule has 20 heavy (non-hydrogen) atoms. The van der Waals surface area contributed by atoms with Gasteiger partial charge < -0.3 is 0 Å². The molecule has 0 aliphatic heterocycles. The van der Waals surface area contributed by atoms with Crippen molar-refractivity contribution in [1.29, 1.82) is 0 Å². The van der Waals surface area contributed by atoms with Gasteiger partial charge in [0.1, 0.15) is 4.90 Å². The van der Waals surface area contributed by atoms with Crippen molar-refractivity contribution in [2.45, 2.75) is 11.8 Å². The second kappa shape index (κ2) is 5.99. The third-order valence-electron chi connectivity index (χ3n) is 2.71. The first kappa shape index (κ1) is 15.1. The van der Waals surface area contributed by atoms with E-state index in [2.05, 4.69) is 4.98 Å². The lowest BCUT2D eigenvalue weighted by molar-refractivity contribution is 0.591. The lowest BCUT2D eigenvalue weighted by Crippen LogP contribution is -2.31. The van der Waals surface area contributed by atoms with Crippen molar-refractivity contribution in [3.63, 3.8) is 0 Å². The van der Waals surface area contributed by atoms with Gasteiger partial charge in [-0.2, -0.15) is 0 Å². The first-order valence-electron chi connectivity index (χ1n) is 5.85. The molecule has 0 amide bonds. The van der Waals surface area contributed by atoms with Crippen LogP contribution in [0.5, 0.6) is 0 Å². The summed E-state index contributed by atoms with van der Waals surface area (Å²) in [6.07, 6.45) is 2.82. The van der Waals surface area contributed by atoms with Crippen molar-refractivity contribution in [2.24, 2.45) is 0 Å². The lowest BCUT2D eigenvalue weighted by atomic mass is 10.3. The van der Waals surface area contributed by atoms with Crippen LogP contribution in [0.2, 0.25) is 10.0 Å². The minimum Gasteiger partial charge on any atom is -0.265 e. The Balaban J connectivity index is 2.56. The Morgan fingerprint density at radius 2 is 1.95 bits per heavy atom. The van der Waals surface area contributed by atoms with E-state index >= 15 is 0 Å². The second-order valence-corrected chi connectivity index (χ2v) is 6.58. The smallest absolute Gasteiger partial charge is 0.265 e. The summed E-state index contributed by atoms with van der Waals surface area (Å²) in [5.74, 6) is 0. The highest BCUT2D eigenvalue weighted by Gasteiger charge is 2.25. The Hall–Kier alpha value is -1.30. The predicted octanol–water partition coefficient (Wildman–Crippen LogP) is 3.60. The number of nitrogens with zero attached hydrogens (tertiary/aromatic N) is 2. The van der Waals surface area contributed by atoms with Gasteiger partial charge in [-0.05, 0) is 31.2 Å². The third kappa shape index (κ3) is 2.75. The number of hydrogen-bond donors (Lipinski definition) is 0. The van der Waals surface area contributed by atoms with Crippen LogP contribution in [-0.4, -0.2) is 19.9 Å². The first-order chi connectivity index (χ1) is 9.48. The molecule has 0 atom stereocenters. The van der Waals surface area contributed by atoms with Crippen LogP contribution >= 0.6 is 23.2 Å². The summed E-state index contributed by atoms with van der Waals surface area (Å²) in [4.78, 5) is 3.95. The molecule has 0 saturated heterocycles. The molecule has 0 radical (unpaired) electrons. The molecule has 1 aromatic heterocycles. The molecule has 0 spiro atoms. The Morgan fingerprint density at radius 1 is 1.20 bits per heavy atom. The summed E-state index contributed by atoms with van der Waals surface area (Å²) in [6.45, 7) is 1.96. The summed E-state index contributed by atoms with van der Waals surface area (Å²) >= 11 is 12.1. The van der Waals surface area contributed by atoms with Crippen molar-refractivity contribution in [2.75, 3.05) is 10.8 Å². The molecule has 1 aromatic carbocycles. The Kier molecular flexibility index (Phi) is 4.52. The number of hydrogen-bond acceptors (Lipinski definition) is 3. The molecule has 0 bridgehead atoms. The second-order valence-electron chi connectivity index (χ2n) is 3.93. The van der Waals surface area contributed by atoms with Gasteiger partial charge in [0.05, 0.1) is 15.7 Å². The van der Waals surface area contributed by atoms with Crippen molar-refractivity contribution in [3.05, 3.63) is 52.8 Å². The van der Waals surface area contributed by atoms with E-state index in [9.17, 15) is 8.42 Å². The number of halogens is 2. The average molecular weight is 331 g/mol. The Bertz CT molecular complexity index is 706. The van der Waals surface area contributed by atoms with Gasteiger partial charge in [-0.3, -0.25) is 9.29 Å². The van der Waals surface area contributed by atoms with Crippen LogP contribution in [0.25, 0.3) is 0 Å². The zero-order valence-electron chi connectivity index (χ0n) is 10.6. The van der Waals surface area contributed by atoms with E-state index in [0.29, 0.717) is 10.7 Å². The highest BCUT2D eigenvalue weighted by atomic mass is 35.5. The third-order valence-corrected chi connectivity index (χ3v) is 5.39. The van der Waals surface area contributed by atoms with Gasteiger partial charge in [0, 0.05) is 18.9 Å². The quantitative estimate of drug-likeness (QED) is 0.860. The van der Waals surface area contributed by atoms with Crippen molar-refractivity contribution in [1.82, 2.24) is 4.98 Å².